The van der Waals surface area contributed by atoms with Crippen molar-refractivity contribution >= 4 is 28.4 Å². The van der Waals surface area contributed by atoms with E-state index in [0.717, 1.165) is 47.0 Å². The monoisotopic (exact) mass is 392 g/mol. The molecule has 2 aromatic carbocycles. The van der Waals surface area contributed by atoms with E-state index in [1.54, 1.807) is 6.07 Å². The molecule has 1 aliphatic heterocycles. The zero-order valence-corrected chi connectivity index (χ0v) is 17.0. The fourth-order valence-corrected chi connectivity index (χ4v) is 4.63. The first-order valence-corrected chi connectivity index (χ1v) is 10.1. The molecule has 5 rings (SSSR count). The van der Waals surface area contributed by atoms with Crippen LogP contribution in [0.15, 0.2) is 36.4 Å². The van der Waals surface area contributed by atoms with Crippen molar-refractivity contribution < 1.29 is 13.3 Å². The lowest BCUT2D eigenvalue weighted by Gasteiger charge is -2.11. The van der Waals surface area contributed by atoms with Crippen LogP contribution >= 0.6 is 0 Å². The number of hydrogen-bond acceptors (Lipinski definition) is 1. The third kappa shape index (κ3) is 2.64. The van der Waals surface area contributed by atoms with Gasteiger partial charge in [0.05, 0.1) is 6.54 Å². The Hall–Kier alpha value is -2.95. The molecule has 0 bridgehead atoms. The van der Waals surface area contributed by atoms with Gasteiger partial charge < -0.3 is 4.90 Å². The molecule has 3 nitrogen and oxygen atoms in total. The van der Waals surface area contributed by atoms with E-state index in [-0.39, 0.29) is 0 Å². The number of anilines is 1. The second-order valence-corrected chi connectivity index (χ2v) is 8.12. The topological polar surface area (TPSA) is 11.5 Å². The van der Waals surface area contributed by atoms with Gasteiger partial charge in [-0.3, -0.25) is 0 Å². The number of hydrogen-bond donors (Lipinski definition) is 0. The molecule has 29 heavy (non-hydrogen) atoms. The Morgan fingerprint density at radius 1 is 1.03 bits per heavy atom. The molecule has 0 atom stereocenters. The van der Waals surface area contributed by atoms with Crippen LogP contribution in [0.25, 0.3) is 22.8 Å². The summed E-state index contributed by atoms with van der Waals surface area (Å²) in [7, 11) is 4.04. The van der Waals surface area contributed by atoms with Crippen molar-refractivity contribution in [1.82, 2.24) is 4.40 Å². The van der Waals surface area contributed by atoms with Crippen LogP contribution in [0.1, 0.15) is 29.5 Å². The van der Waals surface area contributed by atoms with Gasteiger partial charge in [0, 0.05) is 30.9 Å². The highest BCUT2D eigenvalue weighted by molar-refractivity contribution is 5.79. The van der Waals surface area contributed by atoms with Gasteiger partial charge in [-0.05, 0) is 62.1 Å². The minimum Gasteiger partial charge on any atom is -0.378 e. The van der Waals surface area contributed by atoms with Gasteiger partial charge in [-0.15, -0.1) is 0 Å². The highest BCUT2D eigenvalue weighted by atomic mass is 19.2. The average molecular weight is 392 g/mol. The van der Waals surface area contributed by atoms with Gasteiger partial charge in [-0.25, -0.2) is 8.96 Å². The number of rotatable bonds is 2. The predicted molar refractivity (Wildman–Crippen MR) is 112 cm³/mol. The Labute approximate surface area is 168 Å². The molecular weight excluding hydrogens is 368 g/mol. The fraction of sp³-hybridized carbons (Fsp3) is 0.292. The molecule has 0 spiro atoms. The Morgan fingerprint density at radius 3 is 2.52 bits per heavy atom. The Kier molecular flexibility index (Phi) is 4.09. The summed E-state index contributed by atoms with van der Waals surface area (Å²) >= 11 is 0. The number of benzene rings is 2. The lowest BCUT2D eigenvalue weighted by molar-refractivity contribution is -0.646. The van der Waals surface area contributed by atoms with E-state index in [0.29, 0.717) is 12.1 Å². The van der Waals surface area contributed by atoms with E-state index in [1.165, 1.54) is 17.2 Å². The van der Waals surface area contributed by atoms with Gasteiger partial charge in [0.1, 0.15) is 5.35 Å². The van der Waals surface area contributed by atoms with Crippen LogP contribution in [0.4, 0.5) is 14.5 Å². The highest BCUT2D eigenvalue weighted by Crippen LogP contribution is 2.26. The first-order valence-electron chi connectivity index (χ1n) is 10.1. The van der Waals surface area contributed by atoms with E-state index in [2.05, 4.69) is 46.6 Å². The first kappa shape index (κ1) is 18.1. The first-order chi connectivity index (χ1) is 14.0. The molecule has 0 saturated heterocycles. The number of halogens is 2. The standard InChI is InChI=1S/C24H24F2N3/c1-15-18-6-4-5-13-28-23-20(12-11-19(25)22(23)26)29(24(18)28)21(15)14-16-7-9-17(10-8-16)27(2)3/h7-12,14H,4-6,13H2,1-3H3/q+1. The highest BCUT2D eigenvalue weighted by Gasteiger charge is 2.32. The molecule has 3 heterocycles. The maximum atomic E-state index is 14.8. The zero-order chi connectivity index (χ0) is 20.3. The SMILES string of the molecule is Cc1c2c3n(c1=Cc1ccc(N(C)C)cc1)c1ccc(F)c(F)c1[n+]3CCCC2. The Bertz CT molecular complexity index is 1300. The number of fused-ring (bicyclic) bond motifs is 3. The van der Waals surface area contributed by atoms with E-state index < -0.39 is 11.6 Å². The van der Waals surface area contributed by atoms with Crippen molar-refractivity contribution in [3.05, 3.63) is 70.1 Å². The molecule has 1 aliphatic rings. The van der Waals surface area contributed by atoms with Gasteiger partial charge in [-0.2, -0.15) is 8.79 Å². The van der Waals surface area contributed by atoms with Crippen molar-refractivity contribution in [2.75, 3.05) is 19.0 Å². The van der Waals surface area contributed by atoms with E-state index in [9.17, 15) is 8.78 Å². The molecule has 0 aliphatic carbocycles. The van der Waals surface area contributed by atoms with Gasteiger partial charge in [0.25, 0.3) is 5.65 Å². The third-order valence-corrected chi connectivity index (χ3v) is 6.15. The summed E-state index contributed by atoms with van der Waals surface area (Å²) in [6.07, 6.45) is 5.13. The zero-order valence-electron chi connectivity index (χ0n) is 17.0. The van der Waals surface area contributed by atoms with Crippen molar-refractivity contribution in [3.8, 4) is 0 Å². The minimum absolute atomic E-state index is 0.376. The second kappa shape index (κ2) is 6.55. The van der Waals surface area contributed by atoms with Crippen LogP contribution < -0.4 is 14.8 Å². The Balaban J connectivity index is 1.87. The molecule has 0 unspecified atom stereocenters. The van der Waals surface area contributed by atoms with Gasteiger partial charge >= 0.3 is 0 Å². The van der Waals surface area contributed by atoms with Crippen molar-refractivity contribution in [2.24, 2.45) is 0 Å². The quantitative estimate of drug-likeness (QED) is 0.471. The van der Waals surface area contributed by atoms with Crippen molar-refractivity contribution in [1.29, 1.82) is 0 Å². The van der Waals surface area contributed by atoms with E-state index >= 15 is 0 Å². The van der Waals surface area contributed by atoms with Crippen LogP contribution in [0, 0.1) is 18.6 Å². The summed E-state index contributed by atoms with van der Waals surface area (Å²) in [6, 6.07) is 11.3. The van der Waals surface area contributed by atoms with Crippen LogP contribution in [-0.4, -0.2) is 18.5 Å². The molecule has 0 amide bonds. The predicted octanol–water partition coefficient (Wildman–Crippen LogP) is 3.92. The number of nitrogens with zero attached hydrogens (tertiary/aromatic N) is 3. The summed E-state index contributed by atoms with van der Waals surface area (Å²) in [5.41, 5.74) is 6.81. The summed E-state index contributed by atoms with van der Waals surface area (Å²) < 4.78 is 32.9. The molecule has 2 aromatic heterocycles. The largest absolute Gasteiger partial charge is 0.378 e. The fourth-order valence-electron chi connectivity index (χ4n) is 4.63. The number of imidazole rings is 1. The normalized spacial score (nSPS) is 14.7. The lowest BCUT2D eigenvalue weighted by Crippen LogP contribution is -2.33. The summed E-state index contributed by atoms with van der Waals surface area (Å²) in [6.45, 7) is 2.85. The number of aromatic nitrogens is 2. The van der Waals surface area contributed by atoms with Crippen LogP contribution in [-0.2, 0) is 13.0 Å². The smallest absolute Gasteiger partial charge is 0.291 e. The van der Waals surface area contributed by atoms with Crippen LogP contribution in [0.3, 0.4) is 0 Å². The van der Waals surface area contributed by atoms with Crippen LogP contribution in [0.2, 0.25) is 0 Å². The lowest BCUT2D eigenvalue weighted by atomic mass is 10.1. The Morgan fingerprint density at radius 2 is 1.79 bits per heavy atom. The van der Waals surface area contributed by atoms with Gasteiger partial charge in [-0.1, -0.05) is 12.1 Å². The minimum atomic E-state index is -0.790. The summed E-state index contributed by atoms with van der Waals surface area (Å²) in [5.74, 6) is -1.54. The average Bonchev–Trinajstić information content (AvgIpc) is 3.04. The summed E-state index contributed by atoms with van der Waals surface area (Å²) in [4.78, 5) is 2.07. The number of aryl methyl sites for hydroxylation is 2. The summed E-state index contributed by atoms with van der Waals surface area (Å²) in [5, 5.41) is 1.05. The van der Waals surface area contributed by atoms with Gasteiger partial charge in [0.2, 0.25) is 11.3 Å². The maximum Gasteiger partial charge on any atom is 0.291 e. The molecule has 148 valence electrons. The van der Waals surface area contributed by atoms with Crippen molar-refractivity contribution in [2.45, 2.75) is 32.7 Å². The molecule has 0 fully saturated rings. The molecule has 0 saturated carbocycles. The maximum absolute atomic E-state index is 14.8. The molecule has 5 heteroatoms. The van der Waals surface area contributed by atoms with Crippen LogP contribution in [0.5, 0.6) is 0 Å². The van der Waals surface area contributed by atoms with Gasteiger partial charge in [0.15, 0.2) is 11.3 Å². The molecule has 0 radical (unpaired) electrons. The van der Waals surface area contributed by atoms with E-state index in [4.69, 9.17) is 0 Å². The third-order valence-electron chi connectivity index (χ3n) is 6.15. The molecule has 4 aromatic rings. The molecule has 0 N–H and O–H groups in total. The second-order valence-electron chi connectivity index (χ2n) is 8.12. The molecular formula is C24H24F2N3+. The van der Waals surface area contributed by atoms with Crippen molar-refractivity contribution in [3.63, 3.8) is 0 Å². The van der Waals surface area contributed by atoms with E-state index in [1.807, 2.05) is 18.7 Å².